The van der Waals surface area contributed by atoms with Crippen LogP contribution < -0.4 is 4.83 Å². The van der Waals surface area contributed by atoms with Crippen LogP contribution in [0.1, 0.15) is 16.7 Å². The number of hydrazone groups is 1. The molecule has 0 aliphatic carbocycles. The Labute approximate surface area is 168 Å². The molecule has 0 saturated heterocycles. The number of benzene rings is 3. The van der Waals surface area contributed by atoms with Gasteiger partial charge in [0.25, 0.3) is 10.0 Å². The van der Waals surface area contributed by atoms with Crippen molar-refractivity contribution in [1.29, 1.82) is 0 Å². The third-order valence-electron chi connectivity index (χ3n) is 3.84. The second-order valence-electron chi connectivity index (χ2n) is 5.88. The van der Waals surface area contributed by atoms with Crippen LogP contribution in [0.15, 0.2) is 82.8 Å². The van der Waals surface area contributed by atoms with Crippen LogP contribution in [0, 0.1) is 6.92 Å². The van der Waals surface area contributed by atoms with E-state index in [1.54, 1.807) is 60.7 Å². The van der Waals surface area contributed by atoms with Gasteiger partial charge in [-0.05, 0) is 43.3 Å². The van der Waals surface area contributed by atoms with Gasteiger partial charge in [-0.3, -0.25) is 0 Å². The Morgan fingerprint density at radius 1 is 0.778 bits per heavy atom. The molecule has 0 aromatic heterocycles. The quantitative estimate of drug-likeness (QED) is 0.466. The highest BCUT2D eigenvalue weighted by Gasteiger charge is 2.14. The fourth-order valence-corrected chi connectivity index (χ4v) is 3.45. The van der Waals surface area contributed by atoms with Gasteiger partial charge in [0.1, 0.15) is 0 Å². The van der Waals surface area contributed by atoms with Gasteiger partial charge >= 0.3 is 0 Å². The maximum Gasteiger partial charge on any atom is 0.276 e. The van der Waals surface area contributed by atoms with E-state index in [9.17, 15) is 8.42 Å². The van der Waals surface area contributed by atoms with Crippen molar-refractivity contribution in [3.63, 3.8) is 0 Å². The zero-order valence-corrected chi connectivity index (χ0v) is 16.7. The highest BCUT2D eigenvalue weighted by molar-refractivity contribution is 7.89. The molecular formula is C20H16Cl2N2O2S. The predicted molar refractivity (Wildman–Crippen MR) is 110 cm³/mol. The lowest BCUT2D eigenvalue weighted by Gasteiger charge is -2.10. The Kier molecular flexibility index (Phi) is 5.85. The van der Waals surface area contributed by atoms with E-state index in [1.807, 2.05) is 6.92 Å². The summed E-state index contributed by atoms with van der Waals surface area (Å²) in [6.45, 7) is 1.89. The van der Waals surface area contributed by atoms with Crippen molar-refractivity contribution in [3.05, 3.63) is 99.5 Å². The van der Waals surface area contributed by atoms with Gasteiger partial charge < -0.3 is 0 Å². The molecule has 0 fully saturated rings. The van der Waals surface area contributed by atoms with Crippen molar-refractivity contribution >= 4 is 38.9 Å². The van der Waals surface area contributed by atoms with Crippen LogP contribution in [0.3, 0.4) is 0 Å². The van der Waals surface area contributed by atoms with Crippen LogP contribution in [0.25, 0.3) is 0 Å². The lowest BCUT2D eigenvalue weighted by Crippen LogP contribution is -2.21. The van der Waals surface area contributed by atoms with E-state index < -0.39 is 10.0 Å². The SMILES string of the molecule is Cc1ccc(S(=O)(=O)NN=C(c2ccc(Cl)cc2)c2ccc(Cl)cc2)cc1. The minimum absolute atomic E-state index is 0.142. The molecule has 3 aromatic carbocycles. The molecule has 27 heavy (non-hydrogen) atoms. The number of hydrogen-bond acceptors (Lipinski definition) is 3. The number of rotatable bonds is 5. The maximum absolute atomic E-state index is 12.6. The average Bonchev–Trinajstić information content (AvgIpc) is 2.65. The van der Waals surface area contributed by atoms with E-state index in [4.69, 9.17) is 23.2 Å². The molecule has 4 nitrogen and oxygen atoms in total. The van der Waals surface area contributed by atoms with E-state index in [0.717, 1.165) is 5.56 Å². The first kappa shape index (κ1) is 19.4. The summed E-state index contributed by atoms with van der Waals surface area (Å²) >= 11 is 11.9. The molecule has 0 heterocycles. The minimum atomic E-state index is -3.79. The molecule has 3 rings (SSSR count). The first-order chi connectivity index (χ1) is 12.8. The van der Waals surface area contributed by atoms with Crippen LogP contribution >= 0.6 is 23.2 Å². The van der Waals surface area contributed by atoms with Crippen molar-refractivity contribution in [1.82, 2.24) is 4.83 Å². The molecule has 0 aliphatic heterocycles. The van der Waals surface area contributed by atoms with Crippen LogP contribution in [0.5, 0.6) is 0 Å². The average molecular weight is 419 g/mol. The van der Waals surface area contributed by atoms with Crippen molar-refractivity contribution < 1.29 is 8.42 Å². The van der Waals surface area contributed by atoms with Crippen molar-refractivity contribution in [2.75, 3.05) is 0 Å². The molecule has 0 unspecified atom stereocenters. The summed E-state index contributed by atoms with van der Waals surface area (Å²) in [5.41, 5.74) is 2.86. The Balaban J connectivity index is 2.00. The molecule has 0 amide bonds. The largest absolute Gasteiger partial charge is 0.276 e. The van der Waals surface area contributed by atoms with Gasteiger partial charge in [0.2, 0.25) is 0 Å². The molecule has 7 heteroatoms. The Morgan fingerprint density at radius 2 is 1.22 bits per heavy atom. The molecule has 0 aliphatic rings. The van der Waals surface area contributed by atoms with Gasteiger partial charge in [0, 0.05) is 21.2 Å². The monoisotopic (exact) mass is 418 g/mol. The smallest absolute Gasteiger partial charge is 0.200 e. The van der Waals surface area contributed by atoms with E-state index in [1.165, 1.54) is 12.1 Å². The summed E-state index contributed by atoms with van der Waals surface area (Å²) in [6, 6.07) is 20.5. The molecular weight excluding hydrogens is 403 g/mol. The third kappa shape index (κ3) is 4.89. The van der Waals surface area contributed by atoms with Crippen molar-refractivity contribution in [3.8, 4) is 0 Å². The topological polar surface area (TPSA) is 58.5 Å². The summed E-state index contributed by atoms with van der Waals surface area (Å²) in [7, 11) is -3.79. The number of nitrogens with zero attached hydrogens (tertiary/aromatic N) is 1. The van der Waals surface area contributed by atoms with Gasteiger partial charge in [0.05, 0.1) is 10.6 Å². The second kappa shape index (κ2) is 8.13. The number of halogens is 2. The molecule has 0 bridgehead atoms. The zero-order chi connectivity index (χ0) is 19.4. The fraction of sp³-hybridized carbons (Fsp3) is 0.0500. The Morgan fingerprint density at radius 3 is 1.67 bits per heavy atom. The van der Waals surface area contributed by atoms with Crippen LogP contribution in [-0.4, -0.2) is 14.1 Å². The van der Waals surface area contributed by atoms with Gasteiger partial charge in [-0.15, -0.1) is 0 Å². The molecule has 138 valence electrons. The molecule has 0 radical (unpaired) electrons. The predicted octanol–water partition coefficient (Wildman–Crippen LogP) is 5.03. The zero-order valence-electron chi connectivity index (χ0n) is 14.4. The van der Waals surface area contributed by atoms with E-state index in [0.29, 0.717) is 26.9 Å². The number of hydrogen-bond donors (Lipinski definition) is 1. The van der Waals surface area contributed by atoms with Crippen LogP contribution in [0.4, 0.5) is 0 Å². The Hall–Kier alpha value is -2.34. The highest BCUT2D eigenvalue weighted by atomic mass is 35.5. The summed E-state index contributed by atoms with van der Waals surface area (Å²) in [5, 5.41) is 5.34. The maximum atomic E-state index is 12.6. The van der Waals surface area contributed by atoms with Crippen LogP contribution in [0.2, 0.25) is 10.0 Å². The third-order valence-corrected chi connectivity index (χ3v) is 5.57. The second-order valence-corrected chi connectivity index (χ2v) is 8.42. The van der Waals surface area contributed by atoms with E-state index in [2.05, 4.69) is 9.93 Å². The molecule has 0 spiro atoms. The van der Waals surface area contributed by atoms with Gasteiger partial charge in [-0.1, -0.05) is 65.2 Å². The molecule has 0 saturated carbocycles. The summed E-state index contributed by atoms with van der Waals surface area (Å²) < 4.78 is 25.1. The molecule has 1 N–H and O–H groups in total. The minimum Gasteiger partial charge on any atom is -0.200 e. The fourth-order valence-electron chi connectivity index (χ4n) is 2.39. The molecule has 3 aromatic rings. The summed E-state index contributed by atoms with van der Waals surface area (Å²) in [4.78, 5) is 2.46. The van der Waals surface area contributed by atoms with Crippen molar-refractivity contribution in [2.24, 2.45) is 5.10 Å². The van der Waals surface area contributed by atoms with E-state index in [-0.39, 0.29) is 4.90 Å². The van der Waals surface area contributed by atoms with Crippen molar-refractivity contribution in [2.45, 2.75) is 11.8 Å². The van der Waals surface area contributed by atoms with E-state index >= 15 is 0 Å². The number of nitrogens with one attached hydrogen (secondary N) is 1. The van der Waals surface area contributed by atoms with Gasteiger partial charge in [-0.25, -0.2) is 0 Å². The number of sulfonamides is 1. The Bertz CT molecular complexity index is 1010. The number of aryl methyl sites for hydroxylation is 1. The lowest BCUT2D eigenvalue weighted by atomic mass is 10.0. The van der Waals surface area contributed by atoms with Crippen LogP contribution in [-0.2, 0) is 10.0 Å². The highest BCUT2D eigenvalue weighted by Crippen LogP contribution is 2.17. The molecule has 0 atom stereocenters. The summed E-state index contributed by atoms with van der Waals surface area (Å²) in [6.07, 6.45) is 0. The first-order valence-electron chi connectivity index (χ1n) is 8.03. The lowest BCUT2D eigenvalue weighted by molar-refractivity contribution is 0.584. The summed E-state index contributed by atoms with van der Waals surface area (Å²) in [5.74, 6) is 0. The first-order valence-corrected chi connectivity index (χ1v) is 10.3. The standard InChI is InChI=1S/C20H16Cl2N2O2S/c1-14-2-12-19(13-3-14)27(25,26)24-23-20(15-4-8-17(21)9-5-15)16-6-10-18(22)11-7-16/h2-13,24H,1H3. The normalized spacial score (nSPS) is 11.1. The van der Waals surface area contributed by atoms with Gasteiger partial charge in [-0.2, -0.15) is 18.4 Å². The van der Waals surface area contributed by atoms with Gasteiger partial charge in [0.15, 0.2) is 0 Å².